The van der Waals surface area contributed by atoms with Crippen LogP contribution in [0.15, 0.2) is 102 Å². The molecule has 14 heteroatoms. The molecule has 3 amide bonds. The van der Waals surface area contributed by atoms with Crippen molar-refractivity contribution in [3.63, 3.8) is 0 Å². The van der Waals surface area contributed by atoms with Crippen LogP contribution >= 0.6 is 11.3 Å². The van der Waals surface area contributed by atoms with Crippen LogP contribution in [0.3, 0.4) is 0 Å². The normalized spacial score (nSPS) is 18.1. The summed E-state index contributed by atoms with van der Waals surface area (Å²) in [5, 5.41) is 1.83. The van der Waals surface area contributed by atoms with Crippen molar-refractivity contribution in [3.05, 3.63) is 125 Å². The SMILES string of the molecule is CCN(CC)[C@@H](C(=O)N1CCC[C@H]1c1ncc(-c2ccc(-c3ccc(-c4cnc([C@@H]5CCCN5C(=O)[C@](C)(Cc5cscn5)OC(N)=O)[nH]4)cc3)cc2)[nH]1)c1ccccc1. The number of aromatic nitrogens is 5. The van der Waals surface area contributed by atoms with E-state index in [1.807, 2.05) is 34.7 Å². The second kappa shape index (κ2) is 17.6. The van der Waals surface area contributed by atoms with Crippen molar-refractivity contribution in [2.24, 2.45) is 5.73 Å². The maximum absolute atomic E-state index is 14.2. The molecule has 60 heavy (non-hydrogen) atoms. The maximum atomic E-state index is 14.2. The first-order chi connectivity index (χ1) is 29.2. The van der Waals surface area contributed by atoms with E-state index >= 15 is 0 Å². The number of hydrogen-bond acceptors (Lipinski definition) is 9. The quantitative estimate of drug-likeness (QED) is 0.0991. The molecule has 8 rings (SSSR count). The molecule has 0 spiro atoms. The standard InChI is InChI=1S/C46H51N9O4S/c1-4-53(5-2)40(34-11-7-6-8-12-34)43(56)54-23-9-13-38(54)41-48-26-36(51-41)32-19-15-30(16-20-32)31-17-21-33(22-18-31)37-27-49-42(52-37)39-14-10-24-55(39)44(57)46(3,59-45(47)58)25-35-28-60-29-50-35/h6-8,11-12,15-22,26-29,38-40H,4-5,9-10,13-14,23-25H2,1-3H3,(H2,47,58)(H,48,51)(H,49,52)/t38-,39-,40+,46-/m0/s1. The lowest BCUT2D eigenvalue weighted by molar-refractivity contribution is -0.150. The summed E-state index contributed by atoms with van der Waals surface area (Å²) in [5.74, 6) is 1.30. The van der Waals surface area contributed by atoms with Crippen LogP contribution in [-0.2, 0) is 20.7 Å². The van der Waals surface area contributed by atoms with Gasteiger partial charge in [-0.1, -0.05) is 92.7 Å². The van der Waals surface area contributed by atoms with Gasteiger partial charge in [0.15, 0.2) is 5.60 Å². The lowest BCUT2D eigenvalue weighted by atomic mass is 9.97. The van der Waals surface area contributed by atoms with E-state index in [1.54, 1.807) is 23.5 Å². The Morgan fingerprint density at radius 1 is 0.800 bits per heavy atom. The molecule has 2 fully saturated rings. The fourth-order valence-corrected chi connectivity index (χ4v) is 9.40. The fraction of sp³-hybridized carbons (Fsp3) is 0.348. The number of nitrogens with one attached hydrogen (secondary N) is 2. The number of rotatable bonds is 14. The summed E-state index contributed by atoms with van der Waals surface area (Å²) in [4.78, 5) is 66.9. The number of thiazole rings is 1. The molecule has 5 heterocycles. The van der Waals surface area contributed by atoms with Gasteiger partial charge in [-0.05, 0) is 73.5 Å². The predicted octanol–water partition coefficient (Wildman–Crippen LogP) is 8.10. The van der Waals surface area contributed by atoms with Crippen LogP contribution in [0.5, 0.6) is 0 Å². The second-order valence-electron chi connectivity index (χ2n) is 15.7. The van der Waals surface area contributed by atoms with Crippen molar-refractivity contribution in [1.29, 1.82) is 0 Å². The van der Waals surface area contributed by atoms with Gasteiger partial charge in [-0.2, -0.15) is 0 Å². The molecule has 0 aliphatic carbocycles. The van der Waals surface area contributed by atoms with E-state index in [2.05, 4.69) is 94.4 Å². The first kappa shape index (κ1) is 40.7. The number of primary amides is 1. The molecule has 4 N–H and O–H groups in total. The summed E-state index contributed by atoms with van der Waals surface area (Å²) in [6, 6.07) is 26.1. The number of likely N-dealkylation sites (N-methyl/N-ethyl adjacent to an activating group) is 1. The van der Waals surface area contributed by atoms with E-state index in [-0.39, 0.29) is 36.4 Å². The Bertz CT molecular complexity index is 2390. The largest absolute Gasteiger partial charge is 0.433 e. The summed E-state index contributed by atoms with van der Waals surface area (Å²) >= 11 is 1.41. The second-order valence-corrected chi connectivity index (χ2v) is 16.4. The third-order valence-corrected chi connectivity index (χ3v) is 12.5. The average Bonchev–Trinajstić information content (AvgIpc) is 4.12. The monoisotopic (exact) mass is 825 g/mol. The minimum Gasteiger partial charge on any atom is -0.433 e. The molecular formula is C46H51N9O4S. The van der Waals surface area contributed by atoms with Gasteiger partial charge in [0.1, 0.15) is 17.7 Å². The number of ether oxygens (including phenoxy) is 1. The molecular weight excluding hydrogens is 775 g/mol. The van der Waals surface area contributed by atoms with Gasteiger partial charge in [-0.25, -0.2) is 19.7 Å². The van der Waals surface area contributed by atoms with Crippen LogP contribution in [0.1, 0.15) is 87.5 Å². The molecule has 3 aromatic heterocycles. The highest BCUT2D eigenvalue weighted by Gasteiger charge is 2.45. The highest BCUT2D eigenvalue weighted by molar-refractivity contribution is 7.07. The average molecular weight is 826 g/mol. The van der Waals surface area contributed by atoms with Gasteiger partial charge in [0.05, 0.1) is 47.1 Å². The Labute approximate surface area is 354 Å². The molecule has 310 valence electrons. The third kappa shape index (κ3) is 8.34. The van der Waals surface area contributed by atoms with Gasteiger partial charge < -0.3 is 30.2 Å². The summed E-state index contributed by atoms with van der Waals surface area (Å²) in [6.45, 7) is 8.60. The highest BCUT2D eigenvalue weighted by Crippen LogP contribution is 2.37. The Morgan fingerprint density at radius 2 is 1.33 bits per heavy atom. The number of aromatic amines is 2. The van der Waals surface area contributed by atoms with Gasteiger partial charge in [0, 0.05) is 24.9 Å². The molecule has 2 saturated heterocycles. The lowest BCUT2D eigenvalue weighted by Crippen LogP contribution is -2.52. The Balaban J connectivity index is 0.931. The summed E-state index contributed by atoms with van der Waals surface area (Å²) in [7, 11) is 0. The van der Waals surface area contributed by atoms with Crippen LogP contribution < -0.4 is 5.73 Å². The molecule has 0 radical (unpaired) electrons. The van der Waals surface area contributed by atoms with E-state index in [0.29, 0.717) is 24.6 Å². The molecule has 4 atom stereocenters. The smallest absolute Gasteiger partial charge is 0.405 e. The van der Waals surface area contributed by atoms with Crippen molar-refractivity contribution >= 4 is 29.2 Å². The van der Waals surface area contributed by atoms with Gasteiger partial charge in [0.25, 0.3) is 5.91 Å². The summed E-state index contributed by atoms with van der Waals surface area (Å²) in [5.41, 5.74) is 13.2. The first-order valence-electron chi connectivity index (χ1n) is 20.7. The first-order valence-corrected chi connectivity index (χ1v) is 21.7. The Kier molecular flexibility index (Phi) is 11.9. The Morgan fingerprint density at radius 3 is 1.85 bits per heavy atom. The number of amides is 3. The number of nitrogens with zero attached hydrogens (tertiary/aromatic N) is 6. The van der Waals surface area contributed by atoms with E-state index in [4.69, 9.17) is 20.4 Å². The van der Waals surface area contributed by atoms with Gasteiger partial charge in [-0.3, -0.25) is 14.5 Å². The minimum atomic E-state index is -1.50. The van der Waals surface area contributed by atoms with Gasteiger partial charge in [0.2, 0.25) is 5.91 Å². The van der Waals surface area contributed by atoms with Gasteiger partial charge in [-0.15, -0.1) is 11.3 Å². The van der Waals surface area contributed by atoms with E-state index in [0.717, 1.165) is 83.8 Å². The number of hydrogen-bond donors (Lipinski definition) is 3. The molecule has 3 aromatic carbocycles. The number of H-pyrrole nitrogens is 2. The Hall–Kier alpha value is -6.12. The molecule has 0 saturated carbocycles. The molecule has 0 unspecified atom stereocenters. The van der Waals surface area contributed by atoms with Crippen molar-refractivity contribution < 1.29 is 19.1 Å². The minimum absolute atomic E-state index is 0.102. The number of imidazole rings is 2. The van der Waals surface area contributed by atoms with Crippen molar-refractivity contribution in [2.75, 3.05) is 26.2 Å². The zero-order chi connectivity index (χ0) is 41.8. The van der Waals surface area contributed by atoms with E-state index in [9.17, 15) is 14.4 Å². The molecule has 2 aliphatic rings. The van der Waals surface area contributed by atoms with Crippen LogP contribution in [0.25, 0.3) is 33.6 Å². The number of nitrogens with two attached hydrogens (primary N) is 1. The van der Waals surface area contributed by atoms with E-state index < -0.39 is 11.7 Å². The molecule has 6 aromatic rings. The van der Waals surface area contributed by atoms with Crippen LogP contribution in [0.4, 0.5) is 4.79 Å². The van der Waals surface area contributed by atoms with Crippen LogP contribution in [0.2, 0.25) is 0 Å². The van der Waals surface area contributed by atoms with Crippen molar-refractivity contribution in [2.45, 2.75) is 76.6 Å². The number of carbonyl (C=O) groups is 3. The summed E-state index contributed by atoms with van der Waals surface area (Å²) < 4.78 is 5.45. The highest BCUT2D eigenvalue weighted by atomic mass is 32.1. The molecule has 13 nitrogen and oxygen atoms in total. The summed E-state index contributed by atoms with van der Waals surface area (Å²) in [6.07, 6.45) is 6.10. The maximum Gasteiger partial charge on any atom is 0.405 e. The van der Waals surface area contributed by atoms with Crippen molar-refractivity contribution in [3.8, 4) is 33.6 Å². The predicted molar refractivity (Wildman–Crippen MR) is 231 cm³/mol. The lowest BCUT2D eigenvalue weighted by Gasteiger charge is -2.34. The molecule has 0 bridgehead atoms. The number of carbonyl (C=O) groups excluding carboxylic acids is 3. The fourth-order valence-electron chi connectivity index (χ4n) is 8.84. The topological polar surface area (TPSA) is 166 Å². The van der Waals surface area contributed by atoms with Crippen LogP contribution in [-0.4, -0.2) is 89.3 Å². The third-order valence-electron chi connectivity index (χ3n) is 11.9. The zero-order valence-corrected chi connectivity index (χ0v) is 35.0. The van der Waals surface area contributed by atoms with Gasteiger partial charge >= 0.3 is 6.09 Å². The van der Waals surface area contributed by atoms with Crippen molar-refractivity contribution in [1.82, 2.24) is 39.6 Å². The zero-order valence-electron chi connectivity index (χ0n) is 34.2. The number of likely N-dealkylation sites (tertiary alicyclic amines) is 2. The number of benzene rings is 3. The van der Waals surface area contributed by atoms with Crippen LogP contribution in [0, 0.1) is 0 Å². The van der Waals surface area contributed by atoms with E-state index in [1.165, 1.54) is 11.3 Å². The molecule has 2 aliphatic heterocycles.